The monoisotopic (exact) mass is 471 g/mol. The van der Waals surface area contributed by atoms with Crippen molar-refractivity contribution in [1.29, 1.82) is 0 Å². The number of rotatable bonds is 7. The summed E-state index contributed by atoms with van der Waals surface area (Å²) in [6.07, 6.45) is 5.36. The lowest BCUT2D eigenvalue weighted by Gasteiger charge is -2.28. The van der Waals surface area contributed by atoms with Gasteiger partial charge in [0.2, 0.25) is 0 Å². The molecule has 34 heavy (non-hydrogen) atoms. The van der Waals surface area contributed by atoms with Gasteiger partial charge >= 0.3 is 0 Å². The molecule has 1 aromatic heterocycles. The second-order valence-corrected chi connectivity index (χ2v) is 9.49. The van der Waals surface area contributed by atoms with Crippen LogP contribution in [-0.2, 0) is 12.8 Å². The largest absolute Gasteiger partial charge is 0.372 e. The van der Waals surface area contributed by atoms with Gasteiger partial charge in [-0.05, 0) is 72.7 Å². The highest BCUT2D eigenvalue weighted by molar-refractivity contribution is 6.31. The van der Waals surface area contributed by atoms with Crippen LogP contribution < -0.4 is 10.2 Å². The maximum absolute atomic E-state index is 13.2. The van der Waals surface area contributed by atoms with Crippen molar-refractivity contribution in [1.82, 2.24) is 10.3 Å². The zero-order chi connectivity index (χ0) is 23.3. The van der Waals surface area contributed by atoms with Crippen LogP contribution in [0.15, 0.2) is 72.8 Å². The van der Waals surface area contributed by atoms with Crippen LogP contribution in [0.4, 0.5) is 5.69 Å². The number of nitrogens with zero attached hydrogens (tertiary/aromatic N) is 1. The molecule has 4 nitrogen and oxygen atoms in total. The predicted octanol–water partition coefficient (Wildman–Crippen LogP) is 6.37. The number of halogens is 1. The minimum absolute atomic E-state index is 0.0804. The molecule has 1 aliphatic heterocycles. The topological polar surface area (TPSA) is 48.1 Å². The first kappa shape index (κ1) is 22.5. The highest BCUT2D eigenvalue weighted by atomic mass is 35.5. The van der Waals surface area contributed by atoms with Crippen LogP contribution in [0, 0.1) is 0 Å². The number of aromatic nitrogens is 1. The standard InChI is InChI=1S/C29H30ClN3O/c30-23-11-14-27-25(20-23)26(19-22-7-3-1-4-8-22)28(32-27)29(34)31-16-15-21-9-12-24(13-10-21)33-17-5-2-6-18-33/h1,3-4,7-14,20,32H,2,5-6,15-19H2,(H,31,34). The first-order chi connectivity index (χ1) is 16.7. The number of nitrogens with one attached hydrogen (secondary N) is 2. The van der Waals surface area contributed by atoms with Crippen LogP contribution in [0.2, 0.25) is 5.02 Å². The fraction of sp³-hybridized carbons (Fsp3) is 0.276. The Hall–Kier alpha value is -3.24. The van der Waals surface area contributed by atoms with Crippen LogP contribution in [0.1, 0.15) is 46.4 Å². The second-order valence-electron chi connectivity index (χ2n) is 9.05. The molecule has 174 valence electrons. The van der Waals surface area contributed by atoms with Gasteiger partial charge in [0.1, 0.15) is 5.69 Å². The number of fused-ring (bicyclic) bond motifs is 1. The van der Waals surface area contributed by atoms with Gasteiger partial charge in [0.25, 0.3) is 5.91 Å². The van der Waals surface area contributed by atoms with Crippen molar-refractivity contribution in [2.45, 2.75) is 32.1 Å². The van der Waals surface area contributed by atoms with E-state index in [0.29, 0.717) is 23.7 Å². The third kappa shape index (κ3) is 5.13. The fourth-order valence-electron chi connectivity index (χ4n) is 4.83. The highest BCUT2D eigenvalue weighted by Crippen LogP contribution is 2.28. The van der Waals surface area contributed by atoms with Gasteiger partial charge in [0, 0.05) is 47.7 Å². The van der Waals surface area contributed by atoms with Crippen molar-refractivity contribution in [3.05, 3.63) is 100 Å². The minimum Gasteiger partial charge on any atom is -0.372 e. The van der Waals surface area contributed by atoms with Crippen molar-refractivity contribution in [2.75, 3.05) is 24.5 Å². The van der Waals surface area contributed by atoms with E-state index < -0.39 is 0 Å². The zero-order valence-corrected chi connectivity index (χ0v) is 20.1. The molecule has 0 aliphatic carbocycles. The van der Waals surface area contributed by atoms with Crippen LogP contribution in [0.5, 0.6) is 0 Å². The summed E-state index contributed by atoms with van der Waals surface area (Å²) in [7, 11) is 0. The predicted molar refractivity (Wildman–Crippen MR) is 141 cm³/mol. The van der Waals surface area contributed by atoms with E-state index in [2.05, 4.69) is 51.6 Å². The van der Waals surface area contributed by atoms with Crippen molar-refractivity contribution < 1.29 is 4.79 Å². The van der Waals surface area contributed by atoms with E-state index in [1.165, 1.54) is 30.5 Å². The lowest BCUT2D eigenvalue weighted by Crippen LogP contribution is -2.29. The number of carbonyl (C=O) groups is 1. The van der Waals surface area contributed by atoms with Crippen molar-refractivity contribution in [3.63, 3.8) is 0 Å². The molecule has 4 aromatic rings. The summed E-state index contributed by atoms with van der Waals surface area (Å²) in [5, 5.41) is 4.78. The Bertz CT molecular complexity index is 1260. The van der Waals surface area contributed by atoms with E-state index in [0.717, 1.165) is 41.5 Å². The molecular weight excluding hydrogens is 442 g/mol. The number of carbonyl (C=O) groups excluding carboxylic acids is 1. The third-order valence-corrected chi connectivity index (χ3v) is 6.91. The van der Waals surface area contributed by atoms with E-state index in [1.807, 2.05) is 36.4 Å². The van der Waals surface area contributed by atoms with Crippen LogP contribution in [0.25, 0.3) is 10.9 Å². The Balaban J connectivity index is 1.27. The Morgan fingerprint density at radius 3 is 2.44 bits per heavy atom. The molecule has 5 heteroatoms. The third-order valence-electron chi connectivity index (χ3n) is 6.68. The molecule has 1 amide bonds. The first-order valence-electron chi connectivity index (χ1n) is 12.1. The quantitative estimate of drug-likeness (QED) is 0.328. The number of H-pyrrole nitrogens is 1. The Labute approximate surface area is 205 Å². The molecule has 0 spiro atoms. The molecule has 3 aromatic carbocycles. The van der Waals surface area contributed by atoms with Crippen molar-refractivity contribution in [3.8, 4) is 0 Å². The van der Waals surface area contributed by atoms with E-state index in [1.54, 1.807) is 0 Å². The molecule has 2 N–H and O–H groups in total. The van der Waals surface area contributed by atoms with Gasteiger partial charge in [-0.2, -0.15) is 0 Å². The molecule has 0 saturated carbocycles. The Morgan fingerprint density at radius 2 is 1.68 bits per heavy atom. The average molecular weight is 472 g/mol. The van der Waals surface area contributed by atoms with Gasteiger partial charge in [-0.25, -0.2) is 0 Å². The smallest absolute Gasteiger partial charge is 0.268 e. The molecule has 0 bridgehead atoms. The summed E-state index contributed by atoms with van der Waals surface area (Å²) < 4.78 is 0. The molecule has 0 atom stereocenters. The summed E-state index contributed by atoms with van der Waals surface area (Å²) >= 11 is 6.28. The minimum atomic E-state index is -0.0804. The Kier molecular flexibility index (Phi) is 6.87. The molecule has 0 radical (unpaired) electrons. The molecule has 2 heterocycles. The summed E-state index contributed by atoms with van der Waals surface area (Å²) in [4.78, 5) is 19.0. The van der Waals surface area contributed by atoms with E-state index >= 15 is 0 Å². The molecule has 5 rings (SSSR count). The Morgan fingerprint density at radius 1 is 0.912 bits per heavy atom. The van der Waals surface area contributed by atoms with Crippen LogP contribution in [-0.4, -0.2) is 30.5 Å². The van der Waals surface area contributed by atoms with E-state index in [4.69, 9.17) is 11.6 Å². The summed E-state index contributed by atoms with van der Waals surface area (Å²) in [5.74, 6) is -0.0804. The van der Waals surface area contributed by atoms with Gasteiger partial charge < -0.3 is 15.2 Å². The lowest BCUT2D eigenvalue weighted by atomic mass is 10.0. The number of amides is 1. The maximum Gasteiger partial charge on any atom is 0.268 e. The van der Waals surface area contributed by atoms with Crippen molar-refractivity contribution in [2.24, 2.45) is 0 Å². The summed E-state index contributed by atoms with van der Waals surface area (Å²) in [6.45, 7) is 2.88. The number of benzene rings is 3. The van der Waals surface area contributed by atoms with Gasteiger partial charge in [-0.1, -0.05) is 54.1 Å². The van der Waals surface area contributed by atoms with E-state index in [9.17, 15) is 4.79 Å². The molecule has 1 aliphatic rings. The molecule has 0 unspecified atom stereocenters. The normalized spacial score (nSPS) is 13.9. The van der Waals surface area contributed by atoms with Crippen LogP contribution in [0.3, 0.4) is 0 Å². The summed E-state index contributed by atoms with van der Waals surface area (Å²) in [5.41, 5.74) is 6.21. The van der Waals surface area contributed by atoms with Crippen molar-refractivity contribution >= 4 is 34.1 Å². The fourth-order valence-corrected chi connectivity index (χ4v) is 5.00. The lowest BCUT2D eigenvalue weighted by molar-refractivity contribution is 0.0949. The first-order valence-corrected chi connectivity index (χ1v) is 12.5. The van der Waals surface area contributed by atoms with Crippen LogP contribution >= 0.6 is 11.6 Å². The van der Waals surface area contributed by atoms with E-state index in [-0.39, 0.29) is 5.91 Å². The van der Waals surface area contributed by atoms with Gasteiger partial charge in [-0.3, -0.25) is 4.79 Å². The molecule has 1 fully saturated rings. The number of anilines is 1. The van der Waals surface area contributed by atoms with Gasteiger partial charge in [0.05, 0.1) is 0 Å². The average Bonchev–Trinajstić information content (AvgIpc) is 3.23. The second kappa shape index (κ2) is 10.4. The number of piperidine rings is 1. The maximum atomic E-state index is 13.2. The number of hydrogen-bond donors (Lipinski definition) is 2. The molecule has 1 saturated heterocycles. The summed E-state index contributed by atoms with van der Waals surface area (Å²) in [6, 6.07) is 24.7. The number of aromatic amines is 1. The highest BCUT2D eigenvalue weighted by Gasteiger charge is 2.18. The zero-order valence-electron chi connectivity index (χ0n) is 19.3. The number of hydrogen-bond acceptors (Lipinski definition) is 2. The molecular formula is C29H30ClN3O. The van der Waals surface area contributed by atoms with Gasteiger partial charge in [0.15, 0.2) is 0 Å². The van der Waals surface area contributed by atoms with Gasteiger partial charge in [-0.15, -0.1) is 0 Å². The SMILES string of the molecule is O=C(NCCc1ccc(N2CCCCC2)cc1)c1[nH]c2ccc(Cl)cc2c1Cc1ccccc1.